The van der Waals surface area contributed by atoms with Gasteiger partial charge in [-0.15, -0.1) is 0 Å². The Morgan fingerprint density at radius 3 is 2.31 bits per heavy atom. The smallest absolute Gasteiger partial charge is 0.425 e. The van der Waals surface area contributed by atoms with Gasteiger partial charge in [0.05, 0.1) is 39.7 Å². The average molecular weight is 496 g/mol. The first-order chi connectivity index (χ1) is 15.2. The van der Waals surface area contributed by atoms with E-state index in [0.717, 1.165) is 7.11 Å². The summed E-state index contributed by atoms with van der Waals surface area (Å²) in [7, 11) is 1.15. The monoisotopic (exact) mass is 494 g/mol. The lowest BCUT2D eigenvalue weighted by molar-refractivity contribution is 0.0921. The van der Waals surface area contributed by atoms with Gasteiger partial charge in [0, 0.05) is 17.4 Å². The van der Waals surface area contributed by atoms with Gasteiger partial charge in [0.25, 0.3) is 11.8 Å². The lowest BCUT2D eigenvalue weighted by atomic mass is 10.1. The van der Waals surface area contributed by atoms with Crippen LogP contribution in [0, 0.1) is 6.92 Å². The summed E-state index contributed by atoms with van der Waals surface area (Å²) >= 11 is 18.5. The summed E-state index contributed by atoms with van der Waals surface area (Å²) in [6.07, 6.45) is 2.35. The predicted octanol–water partition coefficient (Wildman–Crippen LogP) is 5.00. The minimum Gasteiger partial charge on any atom is -0.452 e. The van der Waals surface area contributed by atoms with E-state index in [4.69, 9.17) is 34.8 Å². The summed E-state index contributed by atoms with van der Waals surface area (Å²) in [5.74, 6) is -1.18. The fraction of sp³-hybridized carbons (Fsp3) is 0.0952. The molecule has 3 rings (SSSR count). The first kappa shape index (κ1) is 23.5. The molecule has 8 nitrogen and oxygen atoms in total. The Labute approximate surface area is 198 Å². The molecule has 3 N–H and O–H groups in total. The fourth-order valence-electron chi connectivity index (χ4n) is 2.91. The molecule has 2 aromatic carbocycles. The fourth-order valence-corrected chi connectivity index (χ4v) is 3.77. The van der Waals surface area contributed by atoms with Crippen molar-refractivity contribution >= 4 is 58.4 Å². The van der Waals surface area contributed by atoms with E-state index >= 15 is 0 Å². The number of para-hydroxylation sites is 1. The lowest BCUT2D eigenvalue weighted by Crippen LogP contribution is -2.41. The van der Waals surface area contributed by atoms with Gasteiger partial charge in [0.1, 0.15) is 0 Å². The van der Waals surface area contributed by atoms with Crippen LogP contribution >= 0.6 is 34.8 Å². The van der Waals surface area contributed by atoms with Crippen LogP contribution in [-0.4, -0.2) is 29.6 Å². The quantitative estimate of drug-likeness (QED) is 0.443. The van der Waals surface area contributed by atoms with E-state index in [0.29, 0.717) is 26.9 Å². The Hall–Kier alpha value is -3.20. The van der Waals surface area contributed by atoms with Gasteiger partial charge in [0.2, 0.25) is 0 Å². The first-order valence-corrected chi connectivity index (χ1v) is 10.2. The van der Waals surface area contributed by atoms with Gasteiger partial charge < -0.3 is 14.6 Å². The normalized spacial score (nSPS) is 10.4. The molecule has 0 aliphatic rings. The molecule has 1 aromatic heterocycles. The molecule has 0 aliphatic carbocycles. The van der Waals surface area contributed by atoms with Gasteiger partial charge in [-0.1, -0.05) is 40.9 Å². The maximum Gasteiger partial charge on any atom is 0.425 e. The van der Waals surface area contributed by atoms with E-state index in [1.54, 1.807) is 54.2 Å². The molecular formula is C21H17Cl3N4O4. The van der Waals surface area contributed by atoms with Crippen molar-refractivity contribution in [2.75, 3.05) is 12.4 Å². The van der Waals surface area contributed by atoms with Crippen LogP contribution in [0.4, 0.5) is 10.5 Å². The molecule has 0 fully saturated rings. The number of halogens is 3. The van der Waals surface area contributed by atoms with Crippen molar-refractivity contribution in [3.05, 3.63) is 80.6 Å². The second-order valence-corrected chi connectivity index (χ2v) is 7.80. The molecule has 0 bridgehead atoms. The van der Waals surface area contributed by atoms with Crippen molar-refractivity contribution in [1.82, 2.24) is 15.4 Å². The number of aryl methyl sites for hydroxylation is 1. The Balaban J connectivity index is 1.88. The number of ether oxygens (including phenoxy) is 1. The zero-order valence-corrected chi connectivity index (χ0v) is 19.1. The second-order valence-electron chi connectivity index (χ2n) is 6.55. The Bertz CT molecular complexity index is 1190. The van der Waals surface area contributed by atoms with Gasteiger partial charge in [0.15, 0.2) is 0 Å². The molecule has 3 amide bonds. The zero-order valence-electron chi connectivity index (χ0n) is 16.8. The summed E-state index contributed by atoms with van der Waals surface area (Å²) in [6.45, 7) is 1.68. The summed E-state index contributed by atoms with van der Waals surface area (Å²) in [6, 6.07) is 9.64. The predicted molar refractivity (Wildman–Crippen MR) is 123 cm³/mol. The van der Waals surface area contributed by atoms with Crippen LogP contribution in [0.1, 0.15) is 26.3 Å². The third kappa shape index (κ3) is 5.16. The Morgan fingerprint density at radius 1 is 0.969 bits per heavy atom. The van der Waals surface area contributed by atoms with Crippen LogP contribution in [-0.2, 0) is 4.74 Å². The molecule has 0 atom stereocenters. The third-order valence-corrected chi connectivity index (χ3v) is 5.23. The number of benzene rings is 2. The number of carbonyl (C=O) groups is 3. The number of hydrogen-bond acceptors (Lipinski definition) is 4. The first-order valence-electron chi connectivity index (χ1n) is 9.09. The van der Waals surface area contributed by atoms with E-state index in [2.05, 4.69) is 20.9 Å². The average Bonchev–Trinajstić information content (AvgIpc) is 3.23. The minimum absolute atomic E-state index is 0.0494. The van der Waals surface area contributed by atoms with Crippen molar-refractivity contribution in [3.63, 3.8) is 0 Å². The molecule has 0 spiro atoms. The molecular weight excluding hydrogens is 479 g/mol. The minimum atomic E-state index is -0.859. The maximum atomic E-state index is 12.9. The van der Waals surface area contributed by atoms with Crippen LogP contribution < -0.4 is 16.2 Å². The molecule has 32 heavy (non-hydrogen) atoms. The molecule has 0 radical (unpaired) electrons. The number of carbonyl (C=O) groups excluding carboxylic acids is 3. The molecule has 11 heteroatoms. The summed E-state index contributed by atoms with van der Waals surface area (Å²) < 4.78 is 6.04. The Kier molecular flexibility index (Phi) is 7.29. The molecule has 166 valence electrons. The topological polar surface area (TPSA) is 101 Å². The van der Waals surface area contributed by atoms with E-state index in [-0.39, 0.29) is 16.3 Å². The van der Waals surface area contributed by atoms with Gasteiger partial charge in [-0.3, -0.25) is 15.0 Å². The summed E-state index contributed by atoms with van der Waals surface area (Å²) in [4.78, 5) is 36.7. The number of nitrogens with one attached hydrogen (secondary N) is 3. The van der Waals surface area contributed by atoms with Crippen molar-refractivity contribution in [2.45, 2.75) is 6.92 Å². The molecule has 0 aliphatic heterocycles. The summed E-state index contributed by atoms with van der Waals surface area (Å²) in [5.41, 5.74) is 5.91. The van der Waals surface area contributed by atoms with E-state index in [1.807, 2.05) is 0 Å². The number of aromatic nitrogens is 1. The lowest BCUT2D eigenvalue weighted by Gasteiger charge is -2.15. The van der Waals surface area contributed by atoms with Crippen molar-refractivity contribution in [1.29, 1.82) is 0 Å². The maximum absolute atomic E-state index is 12.9. The highest BCUT2D eigenvalue weighted by Crippen LogP contribution is 2.30. The van der Waals surface area contributed by atoms with Crippen LogP contribution in [0.25, 0.3) is 5.69 Å². The van der Waals surface area contributed by atoms with Crippen molar-refractivity contribution in [2.24, 2.45) is 0 Å². The molecule has 0 saturated heterocycles. The van der Waals surface area contributed by atoms with Crippen LogP contribution in [0.5, 0.6) is 0 Å². The second kappa shape index (κ2) is 9.95. The van der Waals surface area contributed by atoms with Crippen molar-refractivity contribution < 1.29 is 19.1 Å². The highest BCUT2D eigenvalue weighted by atomic mass is 35.5. The van der Waals surface area contributed by atoms with Crippen LogP contribution in [0.15, 0.2) is 48.8 Å². The van der Waals surface area contributed by atoms with Crippen molar-refractivity contribution in [3.8, 4) is 5.69 Å². The van der Waals surface area contributed by atoms with Crippen LogP contribution in [0.2, 0.25) is 15.1 Å². The number of nitrogens with zero attached hydrogens (tertiary/aromatic N) is 1. The standard InChI is InChI=1S/C21H17Cl3N4O4/c1-11-8-13(22)9-14(20(30)26-27-21(31)32-2)17(11)25-19(29)12-6-7-28(10-12)18-15(23)4-3-5-16(18)24/h3-10H,1-2H3,(H,25,29)(H,26,30)(H,27,31). The van der Waals surface area contributed by atoms with Gasteiger partial charge in [-0.05, 0) is 42.8 Å². The number of hydrogen-bond donors (Lipinski definition) is 3. The molecule has 0 saturated carbocycles. The van der Waals surface area contributed by atoms with Gasteiger partial charge >= 0.3 is 6.09 Å². The van der Waals surface area contributed by atoms with Gasteiger partial charge in [-0.25, -0.2) is 10.2 Å². The molecule has 3 aromatic rings. The SMILES string of the molecule is COC(=O)NNC(=O)c1cc(Cl)cc(C)c1NC(=O)c1ccn(-c2c(Cl)cccc2Cl)c1. The number of anilines is 1. The molecule has 1 heterocycles. The van der Waals surface area contributed by atoms with Gasteiger partial charge in [-0.2, -0.15) is 0 Å². The van der Waals surface area contributed by atoms with E-state index < -0.39 is 17.9 Å². The number of hydrazine groups is 1. The highest BCUT2D eigenvalue weighted by molar-refractivity contribution is 6.37. The highest BCUT2D eigenvalue weighted by Gasteiger charge is 2.19. The number of amides is 3. The third-order valence-electron chi connectivity index (χ3n) is 4.40. The number of methoxy groups -OCH3 is 1. The summed E-state index contributed by atoms with van der Waals surface area (Å²) in [5, 5.41) is 3.84. The Morgan fingerprint density at radius 2 is 1.66 bits per heavy atom. The van der Waals surface area contributed by atoms with Crippen LogP contribution in [0.3, 0.4) is 0 Å². The van der Waals surface area contributed by atoms with E-state index in [1.165, 1.54) is 6.07 Å². The number of rotatable bonds is 4. The zero-order chi connectivity index (χ0) is 23.4. The van der Waals surface area contributed by atoms with E-state index in [9.17, 15) is 14.4 Å². The largest absolute Gasteiger partial charge is 0.452 e. The molecule has 0 unspecified atom stereocenters.